The number of nitrogens with one attached hydrogen (secondary N) is 1. The molecule has 0 aromatic heterocycles. The summed E-state index contributed by atoms with van der Waals surface area (Å²) in [5.41, 5.74) is 9.59. The normalized spacial score (nSPS) is 10.2. The fraction of sp³-hybridized carbons (Fsp3) is 0.235. The van der Waals surface area contributed by atoms with Gasteiger partial charge in [0.05, 0.1) is 25.6 Å². The number of methoxy groups -OCH3 is 2. The Bertz CT molecular complexity index is 711. The summed E-state index contributed by atoms with van der Waals surface area (Å²) < 4.78 is 10.4. The van der Waals surface area contributed by atoms with Crippen molar-refractivity contribution in [3.63, 3.8) is 0 Å². The predicted molar refractivity (Wildman–Crippen MR) is 87.8 cm³/mol. The van der Waals surface area contributed by atoms with Gasteiger partial charge in [0.25, 0.3) is 5.91 Å². The molecule has 2 aromatic carbocycles. The molecule has 2 rings (SSSR count). The van der Waals surface area contributed by atoms with E-state index in [2.05, 4.69) is 5.32 Å². The minimum absolute atomic E-state index is 0.215. The Morgan fingerprint density at radius 1 is 1.00 bits per heavy atom. The van der Waals surface area contributed by atoms with Gasteiger partial charge in [-0.05, 0) is 37.1 Å². The Morgan fingerprint density at radius 3 is 2.27 bits per heavy atom. The Labute approximate surface area is 130 Å². The largest absolute Gasteiger partial charge is 0.495 e. The molecule has 5 heteroatoms. The number of hydrogen-bond donors (Lipinski definition) is 2. The van der Waals surface area contributed by atoms with Gasteiger partial charge in [-0.3, -0.25) is 4.79 Å². The first kappa shape index (κ1) is 15.7. The lowest BCUT2D eigenvalue weighted by atomic mass is 10.1. The topological polar surface area (TPSA) is 73.6 Å². The zero-order valence-electron chi connectivity index (χ0n) is 13.2. The van der Waals surface area contributed by atoms with Gasteiger partial charge in [0, 0.05) is 17.7 Å². The van der Waals surface area contributed by atoms with Crippen LogP contribution >= 0.6 is 0 Å². The third-order valence-electron chi connectivity index (χ3n) is 3.57. The van der Waals surface area contributed by atoms with Crippen LogP contribution in [0.2, 0.25) is 0 Å². The summed E-state index contributed by atoms with van der Waals surface area (Å²) in [5, 5.41) is 2.83. The molecule has 0 saturated carbocycles. The summed E-state index contributed by atoms with van der Waals surface area (Å²) in [5.74, 6) is 0.750. The maximum atomic E-state index is 12.4. The number of rotatable bonds is 4. The van der Waals surface area contributed by atoms with Gasteiger partial charge in [-0.25, -0.2) is 0 Å². The van der Waals surface area contributed by atoms with Gasteiger partial charge in [0.1, 0.15) is 11.5 Å². The van der Waals surface area contributed by atoms with Crippen molar-refractivity contribution in [2.45, 2.75) is 13.8 Å². The number of hydrogen-bond acceptors (Lipinski definition) is 4. The van der Waals surface area contributed by atoms with Crippen LogP contribution in [0, 0.1) is 13.8 Å². The second-order valence-corrected chi connectivity index (χ2v) is 5.05. The Kier molecular flexibility index (Phi) is 4.56. The Hall–Kier alpha value is -2.69. The third kappa shape index (κ3) is 3.14. The van der Waals surface area contributed by atoms with Crippen molar-refractivity contribution in [3.05, 3.63) is 47.0 Å². The zero-order chi connectivity index (χ0) is 16.3. The summed E-state index contributed by atoms with van der Waals surface area (Å²) in [6.45, 7) is 3.98. The van der Waals surface area contributed by atoms with E-state index in [-0.39, 0.29) is 5.91 Å². The van der Waals surface area contributed by atoms with Crippen LogP contribution in [-0.2, 0) is 0 Å². The maximum absolute atomic E-state index is 12.4. The monoisotopic (exact) mass is 300 g/mol. The van der Waals surface area contributed by atoms with Crippen molar-refractivity contribution < 1.29 is 14.3 Å². The van der Waals surface area contributed by atoms with Gasteiger partial charge in [0.15, 0.2) is 0 Å². The number of carbonyl (C=O) groups is 1. The lowest BCUT2D eigenvalue weighted by Crippen LogP contribution is -2.13. The molecular formula is C17H20N2O3. The molecule has 2 aromatic rings. The minimum Gasteiger partial charge on any atom is -0.495 e. The molecule has 116 valence electrons. The first-order valence-electron chi connectivity index (χ1n) is 6.86. The van der Waals surface area contributed by atoms with Gasteiger partial charge in [-0.1, -0.05) is 6.07 Å². The third-order valence-corrected chi connectivity index (χ3v) is 3.57. The smallest absolute Gasteiger partial charge is 0.255 e. The van der Waals surface area contributed by atoms with E-state index in [1.165, 1.54) is 14.2 Å². The number of anilines is 2. The molecule has 0 aliphatic carbocycles. The molecule has 0 bridgehead atoms. The molecule has 5 nitrogen and oxygen atoms in total. The first-order chi connectivity index (χ1) is 10.5. The van der Waals surface area contributed by atoms with Crippen LogP contribution in [0.15, 0.2) is 30.3 Å². The second kappa shape index (κ2) is 6.39. The van der Waals surface area contributed by atoms with Gasteiger partial charge in [-0.2, -0.15) is 0 Å². The molecule has 1 amide bonds. The van der Waals surface area contributed by atoms with Crippen molar-refractivity contribution in [3.8, 4) is 11.5 Å². The summed E-state index contributed by atoms with van der Waals surface area (Å²) in [6.07, 6.45) is 0. The van der Waals surface area contributed by atoms with E-state index in [0.717, 1.165) is 11.1 Å². The van der Waals surface area contributed by atoms with Crippen LogP contribution in [0.5, 0.6) is 11.5 Å². The van der Waals surface area contributed by atoms with Gasteiger partial charge in [0.2, 0.25) is 0 Å². The Morgan fingerprint density at radius 2 is 1.68 bits per heavy atom. The number of nitrogens with two attached hydrogens (primary N) is 1. The van der Waals surface area contributed by atoms with Crippen LogP contribution in [0.3, 0.4) is 0 Å². The maximum Gasteiger partial charge on any atom is 0.255 e. The fourth-order valence-electron chi connectivity index (χ4n) is 2.10. The van der Waals surface area contributed by atoms with Crippen molar-refractivity contribution in [1.29, 1.82) is 0 Å². The molecule has 0 saturated heterocycles. The standard InChI is InChI=1S/C17H20N2O3/c1-10-5-6-12(7-11(10)2)17(20)19-14-9-15(21-3)13(18)8-16(14)22-4/h5-9H,18H2,1-4H3,(H,19,20). The van der Waals surface area contributed by atoms with E-state index in [0.29, 0.717) is 28.4 Å². The average molecular weight is 300 g/mol. The van der Waals surface area contributed by atoms with Crippen molar-refractivity contribution >= 4 is 17.3 Å². The van der Waals surface area contributed by atoms with Crippen LogP contribution in [0.4, 0.5) is 11.4 Å². The van der Waals surface area contributed by atoms with Crippen LogP contribution in [-0.4, -0.2) is 20.1 Å². The highest BCUT2D eigenvalue weighted by molar-refractivity contribution is 6.05. The lowest BCUT2D eigenvalue weighted by molar-refractivity contribution is 0.102. The van der Waals surface area contributed by atoms with Crippen molar-refractivity contribution in [1.82, 2.24) is 0 Å². The van der Waals surface area contributed by atoms with Crippen molar-refractivity contribution in [2.75, 3.05) is 25.3 Å². The molecule has 0 radical (unpaired) electrons. The average Bonchev–Trinajstić information content (AvgIpc) is 2.51. The molecule has 0 aliphatic heterocycles. The molecule has 0 spiro atoms. The van der Waals surface area contributed by atoms with E-state index >= 15 is 0 Å². The highest BCUT2D eigenvalue weighted by Crippen LogP contribution is 2.34. The number of carbonyl (C=O) groups excluding carboxylic acids is 1. The fourth-order valence-corrected chi connectivity index (χ4v) is 2.10. The number of ether oxygens (including phenoxy) is 2. The molecule has 0 aliphatic rings. The van der Waals surface area contributed by atoms with Crippen molar-refractivity contribution in [2.24, 2.45) is 0 Å². The highest BCUT2D eigenvalue weighted by atomic mass is 16.5. The molecule has 0 unspecified atom stereocenters. The highest BCUT2D eigenvalue weighted by Gasteiger charge is 2.13. The van der Waals surface area contributed by atoms with E-state index < -0.39 is 0 Å². The van der Waals surface area contributed by atoms with Crippen LogP contribution < -0.4 is 20.5 Å². The Balaban J connectivity index is 2.32. The molecule has 0 atom stereocenters. The summed E-state index contributed by atoms with van der Waals surface area (Å²) in [7, 11) is 3.04. The van der Waals surface area contributed by atoms with Crippen LogP contribution in [0.1, 0.15) is 21.5 Å². The molecular weight excluding hydrogens is 280 g/mol. The molecule has 3 N–H and O–H groups in total. The molecule has 0 heterocycles. The second-order valence-electron chi connectivity index (χ2n) is 5.05. The van der Waals surface area contributed by atoms with E-state index in [9.17, 15) is 4.79 Å². The quantitative estimate of drug-likeness (QED) is 0.851. The van der Waals surface area contributed by atoms with Gasteiger partial charge >= 0.3 is 0 Å². The molecule has 0 fully saturated rings. The first-order valence-corrected chi connectivity index (χ1v) is 6.86. The van der Waals surface area contributed by atoms with E-state index in [1.807, 2.05) is 26.0 Å². The zero-order valence-corrected chi connectivity index (χ0v) is 13.2. The summed E-state index contributed by atoms with van der Waals surface area (Å²) >= 11 is 0. The number of nitrogen functional groups attached to an aromatic ring is 1. The van der Waals surface area contributed by atoms with E-state index in [1.54, 1.807) is 18.2 Å². The van der Waals surface area contributed by atoms with Gasteiger partial charge in [-0.15, -0.1) is 0 Å². The SMILES string of the molecule is COc1cc(NC(=O)c2ccc(C)c(C)c2)c(OC)cc1N. The minimum atomic E-state index is -0.215. The summed E-state index contributed by atoms with van der Waals surface area (Å²) in [4.78, 5) is 12.4. The van der Waals surface area contributed by atoms with Crippen LogP contribution in [0.25, 0.3) is 0 Å². The number of benzene rings is 2. The number of amides is 1. The molecule has 22 heavy (non-hydrogen) atoms. The number of aryl methyl sites for hydroxylation is 2. The van der Waals surface area contributed by atoms with Gasteiger partial charge < -0.3 is 20.5 Å². The summed E-state index contributed by atoms with van der Waals surface area (Å²) in [6, 6.07) is 8.83. The lowest BCUT2D eigenvalue weighted by Gasteiger charge is -2.14. The predicted octanol–water partition coefficient (Wildman–Crippen LogP) is 3.16. The van der Waals surface area contributed by atoms with E-state index in [4.69, 9.17) is 15.2 Å².